The first-order chi connectivity index (χ1) is 18.9. The number of carbonyl (C=O) groups is 3. The average Bonchev–Trinajstić information content (AvgIpc) is 2.93. The molecule has 212 valence electrons. The van der Waals surface area contributed by atoms with Gasteiger partial charge >= 0.3 is 11.9 Å². The first kappa shape index (κ1) is 30.0. The van der Waals surface area contributed by atoms with Gasteiger partial charge in [-0.15, -0.1) is 0 Å². The maximum absolute atomic E-state index is 13.1. The molecule has 1 saturated carbocycles. The third-order valence-electron chi connectivity index (χ3n) is 7.14. The monoisotopic (exact) mass is 539 g/mol. The van der Waals surface area contributed by atoms with Crippen LogP contribution >= 0.6 is 0 Å². The standard InChI is InChI=1S/C31H41NO7/c1-2-3-4-5-6-18-38-26-15-12-22(13-16-26)9-8-19-39-28-17-14-24(31(36)37)21-27(28)29(33)32-25-11-7-10-23(20-25)30(34)35/h12-17,21,23,25H,2-11,18-20H2,1H3,(H,32,33)(H,34,35)(H,36,37). The fraction of sp³-hybridized carbons (Fsp3) is 0.516. The molecular formula is C31H41NO7. The maximum atomic E-state index is 13.1. The van der Waals surface area contributed by atoms with Crippen LogP contribution in [-0.2, 0) is 11.2 Å². The molecular weight excluding hydrogens is 498 g/mol. The van der Waals surface area contributed by atoms with Crippen LogP contribution in [0.3, 0.4) is 0 Å². The second-order valence-corrected chi connectivity index (χ2v) is 10.2. The number of carbonyl (C=O) groups excluding carboxylic acids is 1. The Labute approximate surface area is 230 Å². The van der Waals surface area contributed by atoms with Crippen LogP contribution in [0.15, 0.2) is 42.5 Å². The van der Waals surface area contributed by atoms with Gasteiger partial charge in [0, 0.05) is 6.04 Å². The third-order valence-corrected chi connectivity index (χ3v) is 7.14. The van der Waals surface area contributed by atoms with Gasteiger partial charge in [-0.1, -0.05) is 51.2 Å². The van der Waals surface area contributed by atoms with Gasteiger partial charge in [0.15, 0.2) is 0 Å². The van der Waals surface area contributed by atoms with Gasteiger partial charge in [-0.05, 0) is 74.4 Å². The molecule has 2 unspecified atom stereocenters. The largest absolute Gasteiger partial charge is 0.494 e. The Kier molecular flexibility index (Phi) is 12.1. The van der Waals surface area contributed by atoms with Crippen molar-refractivity contribution in [2.45, 2.75) is 83.6 Å². The van der Waals surface area contributed by atoms with E-state index in [0.29, 0.717) is 44.5 Å². The molecule has 0 saturated heterocycles. The number of hydrogen-bond donors (Lipinski definition) is 3. The molecule has 2 aromatic rings. The predicted octanol–water partition coefficient (Wildman–Crippen LogP) is 6.12. The Morgan fingerprint density at radius 2 is 1.64 bits per heavy atom. The molecule has 1 aliphatic carbocycles. The summed E-state index contributed by atoms with van der Waals surface area (Å²) in [7, 11) is 0. The number of nitrogens with one attached hydrogen (secondary N) is 1. The summed E-state index contributed by atoms with van der Waals surface area (Å²) in [5, 5.41) is 21.6. The van der Waals surface area contributed by atoms with Gasteiger partial charge in [-0.3, -0.25) is 9.59 Å². The SMILES string of the molecule is CCCCCCCOc1ccc(CCCOc2ccc(C(=O)O)cc2C(=O)NC2CCCC(C(=O)O)C2)cc1. The predicted molar refractivity (Wildman–Crippen MR) is 149 cm³/mol. The van der Waals surface area contributed by atoms with E-state index < -0.39 is 23.8 Å². The van der Waals surface area contributed by atoms with Crippen molar-refractivity contribution in [2.75, 3.05) is 13.2 Å². The molecule has 0 bridgehead atoms. The number of ether oxygens (including phenoxy) is 2. The van der Waals surface area contributed by atoms with Crippen molar-refractivity contribution >= 4 is 17.8 Å². The molecule has 0 radical (unpaired) electrons. The number of unbranched alkanes of at least 4 members (excludes halogenated alkanes) is 4. The van der Waals surface area contributed by atoms with Gasteiger partial charge in [-0.2, -0.15) is 0 Å². The number of rotatable bonds is 16. The summed E-state index contributed by atoms with van der Waals surface area (Å²) in [5.41, 5.74) is 1.28. The van der Waals surface area contributed by atoms with E-state index in [1.54, 1.807) is 0 Å². The molecule has 3 rings (SSSR count). The van der Waals surface area contributed by atoms with Crippen LogP contribution in [-0.4, -0.2) is 47.3 Å². The van der Waals surface area contributed by atoms with Crippen molar-refractivity contribution in [1.29, 1.82) is 0 Å². The van der Waals surface area contributed by atoms with E-state index in [-0.39, 0.29) is 17.2 Å². The van der Waals surface area contributed by atoms with E-state index in [9.17, 15) is 24.6 Å². The molecule has 1 amide bonds. The van der Waals surface area contributed by atoms with Crippen molar-refractivity contribution in [3.8, 4) is 11.5 Å². The molecule has 0 aliphatic heterocycles. The minimum absolute atomic E-state index is 0.0113. The smallest absolute Gasteiger partial charge is 0.335 e. The number of aromatic carboxylic acids is 1. The Morgan fingerprint density at radius 1 is 0.897 bits per heavy atom. The van der Waals surface area contributed by atoms with Crippen LogP contribution < -0.4 is 14.8 Å². The number of carboxylic acids is 2. The molecule has 39 heavy (non-hydrogen) atoms. The Hall–Kier alpha value is -3.55. The summed E-state index contributed by atoms with van der Waals surface area (Å²) < 4.78 is 11.7. The summed E-state index contributed by atoms with van der Waals surface area (Å²) >= 11 is 0. The van der Waals surface area contributed by atoms with Gasteiger partial charge in [-0.25, -0.2) is 4.79 Å². The quantitative estimate of drug-likeness (QED) is 0.220. The Bertz CT molecular complexity index is 1080. The van der Waals surface area contributed by atoms with E-state index in [1.165, 1.54) is 43.9 Å². The van der Waals surface area contributed by atoms with Gasteiger partial charge in [0.2, 0.25) is 0 Å². The summed E-state index contributed by atoms with van der Waals surface area (Å²) in [5.74, 6) is -1.75. The van der Waals surface area contributed by atoms with E-state index in [1.807, 2.05) is 24.3 Å². The molecule has 0 aromatic heterocycles. The maximum Gasteiger partial charge on any atom is 0.335 e. The molecule has 2 aromatic carbocycles. The number of aliphatic carboxylic acids is 1. The Balaban J connectivity index is 1.50. The number of amides is 1. The van der Waals surface area contributed by atoms with E-state index in [4.69, 9.17) is 9.47 Å². The first-order valence-electron chi connectivity index (χ1n) is 14.1. The van der Waals surface area contributed by atoms with Gasteiger partial charge in [0.25, 0.3) is 5.91 Å². The molecule has 8 nitrogen and oxygen atoms in total. The Morgan fingerprint density at radius 3 is 2.36 bits per heavy atom. The van der Waals surface area contributed by atoms with Crippen LogP contribution in [0.2, 0.25) is 0 Å². The van der Waals surface area contributed by atoms with Crippen LogP contribution in [0.5, 0.6) is 11.5 Å². The highest BCUT2D eigenvalue weighted by atomic mass is 16.5. The highest BCUT2D eigenvalue weighted by Crippen LogP contribution is 2.26. The second-order valence-electron chi connectivity index (χ2n) is 10.2. The van der Waals surface area contributed by atoms with Crippen molar-refractivity contribution < 1.29 is 34.1 Å². The van der Waals surface area contributed by atoms with Crippen LogP contribution in [0.4, 0.5) is 0 Å². The van der Waals surface area contributed by atoms with Crippen molar-refractivity contribution in [2.24, 2.45) is 5.92 Å². The topological polar surface area (TPSA) is 122 Å². The molecule has 1 fully saturated rings. The molecule has 2 atom stereocenters. The van der Waals surface area contributed by atoms with Gasteiger partial charge in [0.1, 0.15) is 11.5 Å². The van der Waals surface area contributed by atoms with Crippen molar-refractivity contribution in [3.63, 3.8) is 0 Å². The zero-order chi connectivity index (χ0) is 28.0. The van der Waals surface area contributed by atoms with E-state index >= 15 is 0 Å². The van der Waals surface area contributed by atoms with Crippen LogP contribution in [0, 0.1) is 5.92 Å². The fourth-order valence-electron chi connectivity index (χ4n) is 4.88. The summed E-state index contributed by atoms with van der Waals surface area (Å²) in [4.78, 5) is 35.9. The lowest BCUT2D eigenvalue weighted by atomic mass is 9.85. The lowest BCUT2D eigenvalue weighted by Crippen LogP contribution is -2.40. The molecule has 0 spiro atoms. The fourth-order valence-corrected chi connectivity index (χ4v) is 4.88. The summed E-state index contributed by atoms with van der Waals surface area (Å²) in [6, 6.07) is 12.0. The number of aryl methyl sites for hydroxylation is 1. The normalized spacial score (nSPS) is 16.8. The third kappa shape index (κ3) is 9.93. The van der Waals surface area contributed by atoms with Crippen LogP contribution in [0.1, 0.15) is 97.4 Å². The number of hydrogen-bond acceptors (Lipinski definition) is 5. The van der Waals surface area contributed by atoms with Crippen molar-refractivity contribution in [1.82, 2.24) is 5.32 Å². The first-order valence-corrected chi connectivity index (χ1v) is 14.1. The van der Waals surface area contributed by atoms with Crippen LogP contribution in [0.25, 0.3) is 0 Å². The molecule has 0 heterocycles. The summed E-state index contributed by atoms with van der Waals surface area (Å²) in [6.07, 6.45) is 9.87. The lowest BCUT2D eigenvalue weighted by molar-refractivity contribution is -0.143. The molecule has 8 heteroatoms. The lowest BCUT2D eigenvalue weighted by Gasteiger charge is -2.27. The minimum Gasteiger partial charge on any atom is -0.494 e. The van der Waals surface area contributed by atoms with E-state index in [0.717, 1.165) is 30.8 Å². The number of carboxylic acid groups (broad SMARTS) is 2. The minimum atomic E-state index is -1.14. The van der Waals surface area contributed by atoms with Gasteiger partial charge in [0.05, 0.1) is 30.3 Å². The second kappa shape index (κ2) is 15.8. The van der Waals surface area contributed by atoms with E-state index in [2.05, 4.69) is 12.2 Å². The highest BCUT2D eigenvalue weighted by Gasteiger charge is 2.28. The number of benzene rings is 2. The molecule has 3 N–H and O–H groups in total. The zero-order valence-electron chi connectivity index (χ0n) is 22.8. The van der Waals surface area contributed by atoms with Gasteiger partial charge < -0.3 is 25.0 Å². The highest BCUT2D eigenvalue weighted by molar-refractivity contribution is 6.00. The zero-order valence-corrected chi connectivity index (χ0v) is 22.8. The molecule has 1 aliphatic rings. The van der Waals surface area contributed by atoms with Crippen molar-refractivity contribution in [3.05, 3.63) is 59.2 Å². The average molecular weight is 540 g/mol. The summed E-state index contributed by atoms with van der Waals surface area (Å²) in [6.45, 7) is 3.29.